The van der Waals surface area contributed by atoms with Crippen LogP contribution >= 0.6 is 0 Å². The van der Waals surface area contributed by atoms with Gasteiger partial charge in [0.05, 0.1) is 11.4 Å². The molecular formula is C15H17FN2O2S. The van der Waals surface area contributed by atoms with Crippen molar-refractivity contribution in [3.8, 4) is 0 Å². The zero-order valence-corrected chi connectivity index (χ0v) is 12.5. The van der Waals surface area contributed by atoms with Gasteiger partial charge in [-0.25, -0.2) is 12.8 Å². The van der Waals surface area contributed by atoms with Crippen molar-refractivity contribution in [1.82, 2.24) is 0 Å². The quantitative estimate of drug-likeness (QED) is 0.891. The van der Waals surface area contributed by atoms with Gasteiger partial charge in [0.1, 0.15) is 5.82 Å². The summed E-state index contributed by atoms with van der Waals surface area (Å²) in [5, 5.41) is 0. The molecule has 0 saturated carbocycles. The zero-order valence-electron chi connectivity index (χ0n) is 11.6. The zero-order chi connectivity index (χ0) is 15.5. The third kappa shape index (κ3) is 4.27. The van der Waals surface area contributed by atoms with Gasteiger partial charge in [0.2, 0.25) is 10.0 Å². The van der Waals surface area contributed by atoms with Crippen molar-refractivity contribution < 1.29 is 12.8 Å². The maximum Gasteiger partial charge on any atom is 0.237 e. The van der Waals surface area contributed by atoms with Crippen LogP contribution in [0.4, 0.5) is 10.1 Å². The van der Waals surface area contributed by atoms with Gasteiger partial charge in [0.25, 0.3) is 0 Å². The first-order valence-corrected chi connectivity index (χ1v) is 8.09. The van der Waals surface area contributed by atoms with Gasteiger partial charge in [-0.3, -0.25) is 4.72 Å². The Kier molecular flexibility index (Phi) is 4.59. The summed E-state index contributed by atoms with van der Waals surface area (Å²) in [7, 11) is -3.68. The van der Waals surface area contributed by atoms with E-state index in [0.29, 0.717) is 12.1 Å². The number of sulfonamides is 1. The van der Waals surface area contributed by atoms with E-state index in [9.17, 15) is 12.8 Å². The van der Waals surface area contributed by atoms with Crippen LogP contribution in [-0.4, -0.2) is 8.42 Å². The molecule has 0 saturated heterocycles. The number of rotatable bonds is 5. The molecule has 0 aliphatic rings. The topological polar surface area (TPSA) is 72.2 Å². The summed E-state index contributed by atoms with van der Waals surface area (Å²) in [6, 6.07) is 11.3. The molecule has 4 nitrogen and oxygen atoms in total. The predicted octanol–water partition coefficient (Wildman–Crippen LogP) is 2.53. The summed E-state index contributed by atoms with van der Waals surface area (Å²) in [4.78, 5) is 0. The number of benzene rings is 2. The van der Waals surface area contributed by atoms with Crippen molar-refractivity contribution in [2.24, 2.45) is 5.73 Å². The van der Waals surface area contributed by atoms with Crippen LogP contribution in [0.1, 0.15) is 16.7 Å². The highest BCUT2D eigenvalue weighted by molar-refractivity contribution is 7.91. The lowest BCUT2D eigenvalue weighted by Crippen LogP contribution is -2.16. The van der Waals surface area contributed by atoms with Crippen molar-refractivity contribution in [2.75, 3.05) is 4.72 Å². The van der Waals surface area contributed by atoms with E-state index in [0.717, 1.165) is 11.1 Å². The van der Waals surface area contributed by atoms with Crippen LogP contribution < -0.4 is 10.5 Å². The maximum atomic E-state index is 13.6. The highest BCUT2D eigenvalue weighted by Gasteiger charge is 2.14. The summed E-state index contributed by atoms with van der Waals surface area (Å²) in [6.45, 7) is 2.11. The molecule has 3 N–H and O–H groups in total. The second-order valence-electron chi connectivity index (χ2n) is 4.87. The fraction of sp³-hybridized carbons (Fsp3) is 0.200. The standard InChI is InChI=1S/C15H17FN2O2S/c1-11-5-6-14(16)15(7-11)18-21(19,20)10-13-4-2-3-12(8-13)9-17/h2-8,18H,9-10,17H2,1H3. The Labute approximate surface area is 123 Å². The number of halogens is 1. The molecule has 0 radical (unpaired) electrons. The molecule has 0 fully saturated rings. The molecule has 21 heavy (non-hydrogen) atoms. The fourth-order valence-corrected chi connectivity index (χ4v) is 3.17. The van der Waals surface area contributed by atoms with Crippen LogP contribution in [0.25, 0.3) is 0 Å². The molecule has 2 rings (SSSR count). The molecule has 0 unspecified atom stereocenters. The van der Waals surface area contributed by atoms with Crippen molar-refractivity contribution in [3.63, 3.8) is 0 Å². The van der Waals surface area contributed by atoms with E-state index in [1.54, 1.807) is 31.2 Å². The third-order valence-electron chi connectivity index (χ3n) is 2.97. The van der Waals surface area contributed by atoms with E-state index in [1.165, 1.54) is 12.1 Å². The van der Waals surface area contributed by atoms with Crippen molar-refractivity contribution in [3.05, 3.63) is 65.0 Å². The molecule has 112 valence electrons. The number of hydrogen-bond donors (Lipinski definition) is 2. The fourth-order valence-electron chi connectivity index (χ4n) is 1.99. The lowest BCUT2D eigenvalue weighted by atomic mass is 10.1. The van der Waals surface area contributed by atoms with Gasteiger partial charge in [0, 0.05) is 6.54 Å². The molecular weight excluding hydrogens is 291 g/mol. The minimum Gasteiger partial charge on any atom is -0.326 e. The van der Waals surface area contributed by atoms with E-state index in [1.807, 2.05) is 6.07 Å². The van der Waals surface area contributed by atoms with Crippen molar-refractivity contribution >= 4 is 15.7 Å². The SMILES string of the molecule is Cc1ccc(F)c(NS(=O)(=O)Cc2cccc(CN)c2)c1. The Morgan fingerprint density at radius 1 is 1.14 bits per heavy atom. The Bertz CT molecular complexity index is 745. The molecule has 6 heteroatoms. The number of aryl methyl sites for hydroxylation is 1. The second kappa shape index (κ2) is 6.24. The summed E-state index contributed by atoms with van der Waals surface area (Å²) >= 11 is 0. The average Bonchev–Trinajstić information content (AvgIpc) is 2.42. The van der Waals surface area contributed by atoms with Gasteiger partial charge >= 0.3 is 0 Å². The lowest BCUT2D eigenvalue weighted by Gasteiger charge is -2.10. The number of hydrogen-bond acceptors (Lipinski definition) is 3. The van der Waals surface area contributed by atoms with E-state index >= 15 is 0 Å². The minimum absolute atomic E-state index is 0.0371. The van der Waals surface area contributed by atoms with Crippen LogP contribution in [0.5, 0.6) is 0 Å². The van der Waals surface area contributed by atoms with Gasteiger partial charge in [-0.15, -0.1) is 0 Å². The Morgan fingerprint density at radius 3 is 2.57 bits per heavy atom. The molecule has 0 bridgehead atoms. The second-order valence-corrected chi connectivity index (χ2v) is 6.59. The molecule has 0 atom stereocenters. The minimum atomic E-state index is -3.68. The summed E-state index contributed by atoms with van der Waals surface area (Å²) in [5.74, 6) is -0.825. The van der Waals surface area contributed by atoms with Gasteiger partial charge in [-0.05, 0) is 35.7 Å². The summed E-state index contributed by atoms with van der Waals surface area (Å²) in [5.41, 5.74) is 7.73. The molecule has 0 aliphatic carbocycles. The Balaban J connectivity index is 2.20. The number of nitrogens with two attached hydrogens (primary N) is 1. The van der Waals surface area contributed by atoms with Crippen LogP contribution in [0.3, 0.4) is 0 Å². The smallest absolute Gasteiger partial charge is 0.237 e. The molecule has 0 aliphatic heterocycles. The molecule has 0 heterocycles. The van der Waals surface area contributed by atoms with Crippen LogP contribution in [-0.2, 0) is 22.3 Å². The molecule has 0 spiro atoms. The van der Waals surface area contributed by atoms with Crippen molar-refractivity contribution in [2.45, 2.75) is 19.2 Å². The summed E-state index contributed by atoms with van der Waals surface area (Å²) in [6.07, 6.45) is 0. The monoisotopic (exact) mass is 308 g/mol. The largest absolute Gasteiger partial charge is 0.326 e. The van der Waals surface area contributed by atoms with Gasteiger partial charge < -0.3 is 5.73 Å². The van der Waals surface area contributed by atoms with Crippen molar-refractivity contribution in [1.29, 1.82) is 0 Å². The van der Waals surface area contributed by atoms with E-state index in [2.05, 4.69) is 4.72 Å². The lowest BCUT2D eigenvalue weighted by molar-refractivity contribution is 0.597. The van der Waals surface area contributed by atoms with Crippen LogP contribution in [0.2, 0.25) is 0 Å². The Morgan fingerprint density at radius 2 is 1.86 bits per heavy atom. The van der Waals surface area contributed by atoms with Crippen LogP contribution in [0.15, 0.2) is 42.5 Å². The molecule has 0 amide bonds. The van der Waals surface area contributed by atoms with Crippen LogP contribution in [0, 0.1) is 12.7 Å². The van der Waals surface area contributed by atoms with E-state index in [-0.39, 0.29) is 11.4 Å². The van der Waals surface area contributed by atoms with E-state index in [4.69, 9.17) is 5.73 Å². The first kappa shape index (κ1) is 15.5. The number of nitrogens with one attached hydrogen (secondary N) is 1. The molecule has 2 aromatic carbocycles. The van der Waals surface area contributed by atoms with Gasteiger partial charge in [-0.2, -0.15) is 0 Å². The summed E-state index contributed by atoms with van der Waals surface area (Å²) < 4.78 is 40.1. The first-order chi connectivity index (χ1) is 9.89. The molecule has 2 aromatic rings. The highest BCUT2D eigenvalue weighted by atomic mass is 32.2. The Hall–Kier alpha value is -1.92. The van der Waals surface area contributed by atoms with Gasteiger partial charge in [-0.1, -0.05) is 30.3 Å². The number of anilines is 1. The maximum absolute atomic E-state index is 13.6. The van der Waals surface area contributed by atoms with Gasteiger partial charge in [0.15, 0.2) is 0 Å². The molecule has 0 aromatic heterocycles. The first-order valence-electron chi connectivity index (χ1n) is 6.44. The predicted molar refractivity (Wildman–Crippen MR) is 81.7 cm³/mol. The normalized spacial score (nSPS) is 11.4. The van der Waals surface area contributed by atoms with E-state index < -0.39 is 15.8 Å². The highest BCUT2D eigenvalue weighted by Crippen LogP contribution is 2.19. The third-order valence-corrected chi connectivity index (χ3v) is 4.22. The average molecular weight is 308 g/mol.